The van der Waals surface area contributed by atoms with Crippen LogP contribution in [0.2, 0.25) is 0 Å². The zero-order valence-corrected chi connectivity index (χ0v) is 6.86. The lowest BCUT2D eigenvalue weighted by Crippen LogP contribution is -1.85. The van der Waals surface area contributed by atoms with E-state index in [1.54, 1.807) is 30.5 Å². The molecule has 66 valence electrons. The number of nitrogen functional groups attached to an aromatic ring is 1. The number of phenolic OH excluding ortho intramolecular Hbond substituents is 1. The van der Waals surface area contributed by atoms with Gasteiger partial charge in [0.2, 0.25) is 0 Å². The van der Waals surface area contributed by atoms with E-state index in [-0.39, 0.29) is 5.75 Å². The summed E-state index contributed by atoms with van der Waals surface area (Å²) in [5.41, 5.74) is 7.94. The van der Waals surface area contributed by atoms with Gasteiger partial charge in [-0.25, -0.2) is 0 Å². The average Bonchev–Trinajstić information content (AvgIpc) is 2.53. The van der Waals surface area contributed by atoms with Gasteiger partial charge in [0.1, 0.15) is 5.75 Å². The molecule has 1 heterocycles. The Kier molecular flexibility index (Phi) is 1.66. The molecular formula is C9H9N3O. The van der Waals surface area contributed by atoms with E-state index >= 15 is 0 Å². The summed E-state index contributed by atoms with van der Waals surface area (Å²) < 4.78 is 0. The number of benzene rings is 1. The Hall–Kier alpha value is -1.97. The van der Waals surface area contributed by atoms with Crippen LogP contribution in [0.3, 0.4) is 0 Å². The lowest BCUT2D eigenvalue weighted by molar-refractivity contribution is 0.475. The highest BCUT2D eigenvalue weighted by molar-refractivity contribution is 5.71. The second kappa shape index (κ2) is 2.82. The molecule has 4 N–H and O–H groups in total. The number of nitrogens with two attached hydrogens (primary N) is 1. The first-order chi connectivity index (χ1) is 6.27. The quantitative estimate of drug-likeness (QED) is 0.612. The molecule has 1 aromatic carbocycles. The first-order valence-corrected chi connectivity index (χ1v) is 3.85. The van der Waals surface area contributed by atoms with Gasteiger partial charge < -0.3 is 10.8 Å². The predicted octanol–water partition coefficient (Wildman–Crippen LogP) is 1.36. The molecule has 0 fully saturated rings. The number of aromatic hydroxyl groups is 1. The van der Waals surface area contributed by atoms with Crippen LogP contribution in [-0.2, 0) is 0 Å². The van der Waals surface area contributed by atoms with Crippen molar-refractivity contribution >= 4 is 5.69 Å². The summed E-state index contributed by atoms with van der Waals surface area (Å²) >= 11 is 0. The van der Waals surface area contributed by atoms with Crippen molar-refractivity contribution in [3.8, 4) is 17.0 Å². The van der Waals surface area contributed by atoms with Crippen LogP contribution in [0.4, 0.5) is 5.69 Å². The normalized spacial score (nSPS) is 10.2. The van der Waals surface area contributed by atoms with Gasteiger partial charge in [-0.1, -0.05) is 0 Å². The maximum Gasteiger partial charge on any atom is 0.115 e. The van der Waals surface area contributed by atoms with E-state index in [2.05, 4.69) is 10.2 Å². The Morgan fingerprint density at radius 2 is 1.92 bits per heavy atom. The number of hydrogen-bond acceptors (Lipinski definition) is 3. The largest absolute Gasteiger partial charge is 0.508 e. The van der Waals surface area contributed by atoms with Crippen LogP contribution >= 0.6 is 0 Å². The number of hydrogen-bond donors (Lipinski definition) is 3. The first kappa shape index (κ1) is 7.67. The molecule has 0 spiro atoms. The smallest absolute Gasteiger partial charge is 0.115 e. The van der Waals surface area contributed by atoms with Crippen molar-refractivity contribution in [2.75, 3.05) is 5.73 Å². The molecule has 0 bridgehead atoms. The molecular weight excluding hydrogens is 166 g/mol. The number of nitrogens with one attached hydrogen (secondary N) is 1. The summed E-state index contributed by atoms with van der Waals surface area (Å²) in [6, 6.07) is 6.77. The summed E-state index contributed by atoms with van der Waals surface area (Å²) in [4.78, 5) is 0. The summed E-state index contributed by atoms with van der Waals surface area (Å²) in [5.74, 6) is 0.238. The Labute approximate surface area is 75.0 Å². The van der Waals surface area contributed by atoms with E-state index in [0.29, 0.717) is 5.69 Å². The van der Waals surface area contributed by atoms with Crippen LogP contribution in [-0.4, -0.2) is 15.3 Å². The summed E-state index contributed by atoms with van der Waals surface area (Å²) in [7, 11) is 0. The van der Waals surface area contributed by atoms with Gasteiger partial charge in [-0.15, -0.1) is 0 Å². The van der Waals surface area contributed by atoms with Crippen molar-refractivity contribution in [1.29, 1.82) is 0 Å². The molecule has 0 saturated heterocycles. The van der Waals surface area contributed by atoms with E-state index in [9.17, 15) is 0 Å². The molecule has 0 saturated carbocycles. The fourth-order valence-corrected chi connectivity index (χ4v) is 1.15. The maximum atomic E-state index is 9.07. The molecule has 0 aliphatic rings. The highest BCUT2D eigenvalue weighted by Gasteiger charge is 2.03. The van der Waals surface area contributed by atoms with Crippen LogP contribution in [0.5, 0.6) is 5.75 Å². The van der Waals surface area contributed by atoms with Crippen molar-refractivity contribution in [2.24, 2.45) is 0 Å². The lowest BCUT2D eigenvalue weighted by Gasteiger charge is -1.98. The number of aromatic amines is 1. The highest BCUT2D eigenvalue weighted by Crippen LogP contribution is 2.24. The van der Waals surface area contributed by atoms with Gasteiger partial charge in [-0.3, -0.25) is 5.10 Å². The third-order valence-electron chi connectivity index (χ3n) is 1.82. The van der Waals surface area contributed by atoms with Crippen LogP contribution in [0.25, 0.3) is 11.3 Å². The van der Waals surface area contributed by atoms with Gasteiger partial charge in [-0.05, 0) is 24.3 Å². The Morgan fingerprint density at radius 1 is 1.23 bits per heavy atom. The van der Waals surface area contributed by atoms with Gasteiger partial charge >= 0.3 is 0 Å². The van der Waals surface area contributed by atoms with Crippen LogP contribution < -0.4 is 5.73 Å². The van der Waals surface area contributed by atoms with E-state index < -0.39 is 0 Å². The number of rotatable bonds is 1. The second-order valence-electron chi connectivity index (χ2n) is 2.75. The van der Waals surface area contributed by atoms with Crippen molar-refractivity contribution in [3.63, 3.8) is 0 Å². The molecule has 4 heteroatoms. The molecule has 0 amide bonds. The van der Waals surface area contributed by atoms with Crippen molar-refractivity contribution in [1.82, 2.24) is 10.2 Å². The highest BCUT2D eigenvalue weighted by atomic mass is 16.3. The Bertz CT molecular complexity index is 405. The zero-order chi connectivity index (χ0) is 9.26. The zero-order valence-electron chi connectivity index (χ0n) is 6.86. The van der Waals surface area contributed by atoms with Gasteiger partial charge in [0.15, 0.2) is 0 Å². The number of nitrogens with zero attached hydrogens (tertiary/aromatic N) is 1. The summed E-state index contributed by atoms with van der Waals surface area (Å²) in [6.07, 6.45) is 1.56. The molecule has 2 rings (SSSR count). The van der Waals surface area contributed by atoms with Crippen LogP contribution in [0.1, 0.15) is 0 Å². The topological polar surface area (TPSA) is 74.9 Å². The fourth-order valence-electron chi connectivity index (χ4n) is 1.15. The standard InChI is InChI=1S/C9H9N3O/c10-8-5-11-12-9(8)6-1-3-7(13)4-2-6/h1-5,13H,10H2,(H,11,12). The van der Waals surface area contributed by atoms with E-state index in [1.807, 2.05) is 0 Å². The Morgan fingerprint density at radius 3 is 2.46 bits per heavy atom. The summed E-state index contributed by atoms with van der Waals surface area (Å²) in [6.45, 7) is 0. The van der Waals surface area contributed by atoms with Gasteiger partial charge in [-0.2, -0.15) is 5.10 Å². The van der Waals surface area contributed by atoms with Crippen LogP contribution in [0.15, 0.2) is 30.5 Å². The molecule has 13 heavy (non-hydrogen) atoms. The maximum absolute atomic E-state index is 9.07. The third kappa shape index (κ3) is 1.33. The molecule has 2 aromatic rings. The van der Waals surface area contributed by atoms with Crippen LogP contribution in [0, 0.1) is 0 Å². The van der Waals surface area contributed by atoms with E-state index in [4.69, 9.17) is 10.8 Å². The lowest BCUT2D eigenvalue weighted by atomic mass is 10.1. The number of anilines is 1. The van der Waals surface area contributed by atoms with Crippen molar-refractivity contribution in [3.05, 3.63) is 30.5 Å². The molecule has 0 unspecified atom stereocenters. The van der Waals surface area contributed by atoms with Crippen molar-refractivity contribution in [2.45, 2.75) is 0 Å². The number of H-pyrrole nitrogens is 1. The van der Waals surface area contributed by atoms with Gasteiger partial charge in [0.05, 0.1) is 17.6 Å². The number of phenols is 1. The summed E-state index contributed by atoms with van der Waals surface area (Å²) in [5, 5.41) is 15.7. The van der Waals surface area contributed by atoms with Gasteiger partial charge in [0, 0.05) is 5.56 Å². The van der Waals surface area contributed by atoms with Crippen molar-refractivity contribution < 1.29 is 5.11 Å². The molecule has 0 radical (unpaired) electrons. The van der Waals surface area contributed by atoms with Gasteiger partial charge in [0.25, 0.3) is 0 Å². The molecule has 4 nitrogen and oxygen atoms in total. The second-order valence-corrected chi connectivity index (χ2v) is 2.75. The minimum absolute atomic E-state index is 0.238. The SMILES string of the molecule is Nc1cn[nH]c1-c1ccc(O)cc1. The minimum atomic E-state index is 0.238. The molecule has 0 aliphatic carbocycles. The first-order valence-electron chi connectivity index (χ1n) is 3.85. The average molecular weight is 175 g/mol. The number of aromatic nitrogens is 2. The fraction of sp³-hybridized carbons (Fsp3) is 0. The minimum Gasteiger partial charge on any atom is -0.508 e. The molecule has 1 aromatic heterocycles. The Balaban J connectivity index is 2.47. The monoisotopic (exact) mass is 175 g/mol. The van der Waals surface area contributed by atoms with E-state index in [0.717, 1.165) is 11.3 Å². The third-order valence-corrected chi connectivity index (χ3v) is 1.82. The van der Waals surface area contributed by atoms with E-state index in [1.165, 1.54) is 0 Å². The predicted molar refractivity (Wildman–Crippen MR) is 50.1 cm³/mol. The molecule has 0 atom stereocenters. The molecule has 0 aliphatic heterocycles.